The van der Waals surface area contributed by atoms with Crippen LogP contribution in [0.25, 0.3) is 0 Å². The summed E-state index contributed by atoms with van der Waals surface area (Å²) in [5.41, 5.74) is -4.45. The van der Waals surface area contributed by atoms with Gasteiger partial charge in [0, 0.05) is 35.2 Å². The second-order valence-electron chi connectivity index (χ2n) is 10.7. The highest BCUT2D eigenvalue weighted by Gasteiger charge is 2.79. The van der Waals surface area contributed by atoms with Crippen molar-refractivity contribution in [3.63, 3.8) is 0 Å². The summed E-state index contributed by atoms with van der Waals surface area (Å²) >= 11 is 14.3. The molecule has 8 atom stereocenters. The van der Waals surface area contributed by atoms with Gasteiger partial charge in [-0.15, -0.1) is 23.2 Å². The second kappa shape index (κ2) is 7.76. The molecule has 3 saturated carbocycles. The summed E-state index contributed by atoms with van der Waals surface area (Å²) in [6.45, 7) is 6.78. The molecule has 3 unspecified atom stereocenters. The van der Waals surface area contributed by atoms with Crippen molar-refractivity contribution in [2.24, 2.45) is 28.6 Å². The Labute approximate surface area is 208 Å². The average molecular weight is 519 g/mol. The van der Waals surface area contributed by atoms with Crippen LogP contribution in [0.1, 0.15) is 53.4 Å². The summed E-state index contributed by atoms with van der Waals surface area (Å²) in [7, 11) is 1.22. The number of ether oxygens (including phenoxy) is 2. The minimum absolute atomic E-state index is 0.0442. The Morgan fingerprint density at radius 3 is 2.44 bits per heavy atom. The quantitative estimate of drug-likeness (QED) is 0.378. The highest BCUT2D eigenvalue weighted by Crippen LogP contribution is 2.74. The summed E-state index contributed by atoms with van der Waals surface area (Å²) in [4.78, 5) is 36.5. The fourth-order valence-corrected chi connectivity index (χ4v) is 8.77. The number of hydrogen-bond acceptors (Lipinski definition) is 5. The molecule has 0 bridgehead atoms. The zero-order valence-electron chi connectivity index (χ0n) is 19.9. The van der Waals surface area contributed by atoms with Crippen molar-refractivity contribution in [2.75, 3.05) is 7.11 Å². The number of allylic oxidation sites excluding steroid dienone is 4. The molecule has 5 nitrogen and oxygen atoms in total. The predicted molar refractivity (Wildman–Crippen MR) is 123 cm³/mol. The summed E-state index contributed by atoms with van der Waals surface area (Å²) < 4.78 is 42.3. The lowest BCUT2D eigenvalue weighted by molar-refractivity contribution is -0.210. The van der Waals surface area contributed by atoms with Crippen molar-refractivity contribution in [3.05, 3.63) is 23.8 Å². The van der Waals surface area contributed by atoms with Crippen molar-refractivity contribution in [1.82, 2.24) is 0 Å². The third-order valence-electron chi connectivity index (χ3n) is 9.20. The molecule has 0 radical (unpaired) electrons. The van der Waals surface area contributed by atoms with Gasteiger partial charge in [-0.2, -0.15) is 0 Å². The van der Waals surface area contributed by atoms with E-state index in [9.17, 15) is 14.4 Å². The van der Waals surface area contributed by atoms with E-state index in [1.165, 1.54) is 19.3 Å². The van der Waals surface area contributed by atoms with Gasteiger partial charge in [-0.05, 0) is 36.8 Å². The first-order valence-corrected chi connectivity index (χ1v) is 12.4. The SMILES string of the molecule is CCC(=O)OC1(C(=O)OC)C(C)C[C@H]2[C@@H]3CC(F)(F)C4=CC(=O)C=C[C@]4(C)[C@]3(Cl)C(Cl)C[C@@]21C. The monoisotopic (exact) mass is 518 g/mol. The highest BCUT2D eigenvalue weighted by atomic mass is 35.5. The zero-order chi connectivity index (χ0) is 25.5. The molecule has 0 N–H and O–H groups in total. The minimum Gasteiger partial charge on any atom is -0.466 e. The second-order valence-corrected chi connectivity index (χ2v) is 11.8. The first kappa shape index (κ1) is 25.6. The van der Waals surface area contributed by atoms with E-state index in [1.54, 1.807) is 27.7 Å². The van der Waals surface area contributed by atoms with Crippen molar-refractivity contribution < 1.29 is 32.6 Å². The Morgan fingerprint density at radius 1 is 1.21 bits per heavy atom. The van der Waals surface area contributed by atoms with E-state index < -0.39 is 74.5 Å². The van der Waals surface area contributed by atoms with E-state index in [2.05, 4.69) is 0 Å². The van der Waals surface area contributed by atoms with Gasteiger partial charge in [0.1, 0.15) is 0 Å². The van der Waals surface area contributed by atoms with E-state index in [4.69, 9.17) is 32.7 Å². The molecule has 4 aliphatic carbocycles. The largest absolute Gasteiger partial charge is 0.466 e. The van der Waals surface area contributed by atoms with E-state index in [0.29, 0.717) is 6.42 Å². The normalized spacial score (nSPS) is 46.6. The molecule has 4 aliphatic rings. The minimum atomic E-state index is -3.30. The summed E-state index contributed by atoms with van der Waals surface area (Å²) in [5.74, 6) is -6.93. The third-order valence-corrected chi connectivity index (χ3v) is 10.7. The van der Waals surface area contributed by atoms with E-state index in [-0.39, 0.29) is 18.4 Å². The maximum atomic E-state index is 15.7. The number of carbonyl (C=O) groups is 3. The maximum absolute atomic E-state index is 15.7. The zero-order valence-corrected chi connectivity index (χ0v) is 21.4. The average Bonchev–Trinajstić information content (AvgIpc) is 2.98. The van der Waals surface area contributed by atoms with Gasteiger partial charge in [-0.25, -0.2) is 13.6 Å². The van der Waals surface area contributed by atoms with Gasteiger partial charge < -0.3 is 9.47 Å². The molecule has 3 fully saturated rings. The first-order chi connectivity index (χ1) is 15.7. The lowest BCUT2D eigenvalue weighted by Gasteiger charge is -2.64. The fourth-order valence-electron chi connectivity index (χ4n) is 7.58. The van der Waals surface area contributed by atoms with Gasteiger partial charge in [0.05, 0.1) is 17.4 Å². The van der Waals surface area contributed by atoms with Crippen molar-refractivity contribution in [1.29, 1.82) is 0 Å². The van der Waals surface area contributed by atoms with Crippen LogP contribution in [-0.4, -0.2) is 46.6 Å². The van der Waals surface area contributed by atoms with Gasteiger partial charge in [0.25, 0.3) is 5.92 Å². The first-order valence-electron chi connectivity index (χ1n) is 11.6. The van der Waals surface area contributed by atoms with Crippen LogP contribution in [0.15, 0.2) is 23.8 Å². The van der Waals surface area contributed by atoms with E-state index >= 15 is 8.78 Å². The number of alkyl halides is 4. The molecule has 0 aromatic carbocycles. The van der Waals surface area contributed by atoms with Crippen LogP contribution in [0.4, 0.5) is 8.78 Å². The molecule has 9 heteroatoms. The van der Waals surface area contributed by atoms with Crippen molar-refractivity contribution in [3.8, 4) is 0 Å². The molecule has 0 heterocycles. The fraction of sp³-hybridized carbons (Fsp3) is 0.720. The standard InChI is InChI=1S/C25H30Cl2F2O5/c1-6-19(31)34-25(20(32)33-5)13(2)9-15-16-11-23(28,29)17-10-14(30)7-8-21(17,3)24(16,27)18(26)12-22(15,25)4/h7-8,10,13,15-16,18H,6,9,11-12H2,1-5H3/t13?,15-,16-,18?,21-,22-,24+,25?/m0/s1. The van der Waals surface area contributed by atoms with Crippen LogP contribution in [-0.2, 0) is 23.9 Å². The smallest absolute Gasteiger partial charge is 0.351 e. The van der Waals surface area contributed by atoms with Gasteiger partial charge in [-0.1, -0.05) is 33.8 Å². The molecule has 0 amide bonds. The molecule has 4 rings (SSSR count). The van der Waals surface area contributed by atoms with E-state index in [0.717, 1.165) is 6.08 Å². The van der Waals surface area contributed by atoms with Gasteiger partial charge in [0.2, 0.25) is 5.60 Å². The molecule has 34 heavy (non-hydrogen) atoms. The number of fused-ring (bicyclic) bond motifs is 5. The topological polar surface area (TPSA) is 69.7 Å². The summed E-state index contributed by atoms with van der Waals surface area (Å²) in [6, 6.07) is 0. The van der Waals surface area contributed by atoms with Crippen LogP contribution in [0.3, 0.4) is 0 Å². The van der Waals surface area contributed by atoms with Crippen molar-refractivity contribution in [2.45, 2.75) is 75.2 Å². The number of methoxy groups -OCH3 is 1. The highest BCUT2D eigenvalue weighted by molar-refractivity contribution is 6.34. The lowest BCUT2D eigenvalue weighted by atomic mass is 9.46. The predicted octanol–water partition coefficient (Wildman–Crippen LogP) is 5.23. The van der Waals surface area contributed by atoms with Crippen LogP contribution in [0.5, 0.6) is 0 Å². The Kier molecular flexibility index (Phi) is 5.85. The van der Waals surface area contributed by atoms with Crippen LogP contribution in [0, 0.1) is 28.6 Å². The Bertz CT molecular complexity index is 1010. The third kappa shape index (κ3) is 2.92. The number of halogens is 4. The van der Waals surface area contributed by atoms with Crippen molar-refractivity contribution >= 4 is 40.9 Å². The van der Waals surface area contributed by atoms with Crippen LogP contribution < -0.4 is 0 Å². The lowest BCUT2D eigenvalue weighted by Crippen LogP contribution is -2.70. The Balaban J connectivity index is 1.91. The number of hydrogen-bond donors (Lipinski definition) is 0. The molecular weight excluding hydrogens is 489 g/mol. The Hall–Kier alpha value is -1.47. The molecule has 0 spiro atoms. The number of esters is 2. The summed E-state index contributed by atoms with van der Waals surface area (Å²) in [5, 5.41) is -0.863. The van der Waals surface area contributed by atoms with Gasteiger partial charge >= 0.3 is 11.9 Å². The molecular formula is C25H30Cl2F2O5. The maximum Gasteiger partial charge on any atom is 0.351 e. The van der Waals surface area contributed by atoms with Crippen LogP contribution in [0.2, 0.25) is 0 Å². The van der Waals surface area contributed by atoms with Crippen LogP contribution >= 0.6 is 23.2 Å². The molecule has 188 valence electrons. The number of carbonyl (C=O) groups excluding carboxylic acids is 3. The van der Waals surface area contributed by atoms with Gasteiger partial charge in [-0.3, -0.25) is 9.59 Å². The number of rotatable bonds is 3. The molecule has 0 aromatic heterocycles. The van der Waals surface area contributed by atoms with Gasteiger partial charge in [0.15, 0.2) is 5.78 Å². The number of ketones is 1. The molecule has 0 aromatic rings. The molecule has 0 saturated heterocycles. The Morgan fingerprint density at radius 2 is 1.85 bits per heavy atom. The van der Waals surface area contributed by atoms with E-state index in [1.807, 2.05) is 0 Å². The summed E-state index contributed by atoms with van der Waals surface area (Å²) in [6.07, 6.45) is 3.61. The molecule has 0 aliphatic heterocycles.